The number of aromatic nitrogens is 4. The number of rotatable bonds is 5. The van der Waals surface area contributed by atoms with E-state index in [0.29, 0.717) is 10.8 Å². The number of fused-ring (bicyclic) bond motifs is 1. The molecule has 0 amide bonds. The van der Waals surface area contributed by atoms with Crippen LogP contribution in [0.4, 0.5) is 28.1 Å². The lowest BCUT2D eigenvalue weighted by atomic mass is 10.2. The van der Waals surface area contributed by atoms with E-state index in [0.717, 1.165) is 15.8 Å². The Morgan fingerprint density at radius 3 is 2.61 bits per heavy atom. The van der Waals surface area contributed by atoms with Crippen LogP contribution in [0.3, 0.4) is 0 Å². The molecule has 3 aromatic heterocycles. The van der Waals surface area contributed by atoms with E-state index in [2.05, 4.69) is 30.6 Å². The third kappa shape index (κ3) is 3.42. The van der Waals surface area contributed by atoms with Gasteiger partial charge in [-0.1, -0.05) is 35.1 Å². The molecule has 3 heterocycles. The Bertz CT molecular complexity index is 1200. The fourth-order valence-electron chi connectivity index (χ4n) is 2.58. The van der Waals surface area contributed by atoms with Crippen LogP contribution in [0, 0.1) is 17.0 Å². The highest BCUT2D eigenvalue weighted by atomic mass is 35.5. The van der Waals surface area contributed by atoms with Crippen LogP contribution in [-0.2, 0) is 0 Å². The molecule has 0 aliphatic heterocycles. The number of para-hydroxylation sites is 1. The zero-order chi connectivity index (χ0) is 19.7. The maximum Gasteiger partial charge on any atom is 0.353 e. The molecule has 0 radical (unpaired) electrons. The van der Waals surface area contributed by atoms with Crippen molar-refractivity contribution in [3.63, 3.8) is 0 Å². The molecular formula is C17H12ClN7O2S. The number of pyridine rings is 1. The van der Waals surface area contributed by atoms with E-state index in [-0.39, 0.29) is 22.5 Å². The second-order valence-electron chi connectivity index (χ2n) is 5.71. The summed E-state index contributed by atoms with van der Waals surface area (Å²) in [6.45, 7) is 1.96. The zero-order valence-electron chi connectivity index (χ0n) is 14.4. The smallest absolute Gasteiger partial charge is 0.332 e. The summed E-state index contributed by atoms with van der Waals surface area (Å²) in [6.07, 6.45) is 2.74. The second-order valence-corrected chi connectivity index (χ2v) is 7.10. The topological polar surface area (TPSA) is 119 Å². The minimum Gasteiger partial charge on any atom is -0.332 e. The Labute approximate surface area is 167 Å². The Balaban J connectivity index is 1.73. The van der Waals surface area contributed by atoms with Gasteiger partial charge < -0.3 is 10.6 Å². The molecule has 0 atom stereocenters. The summed E-state index contributed by atoms with van der Waals surface area (Å²) in [5, 5.41) is 18.2. The van der Waals surface area contributed by atoms with Crippen LogP contribution in [0.2, 0.25) is 5.15 Å². The highest BCUT2D eigenvalue weighted by Gasteiger charge is 2.24. The zero-order valence-corrected chi connectivity index (χ0v) is 16.0. The van der Waals surface area contributed by atoms with E-state index in [1.165, 1.54) is 23.9 Å². The average molecular weight is 414 g/mol. The summed E-state index contributed by atoms with van der Waals surface area (Å²) < 4.78 is 0.972. The van der Waals surface area contributed by atoms with Crippen LogP contribution in [0.1, 0.15) is 5.56 Å². The fourth-order valence-corrected chi connectivity index (χ4v) is 3.69. The van der Waals surface area contributed by atoms with Gasteiger partial charge in [-0.2, -0.15) is 0 Å². The minimum atomic E-state index is -0.562. The first-order chi connectivity index (χ1) is 13.5. The molecule has 0 fully saturated rings. The van der Waals surface area contributed by atoms with Gasteiger partial charge in [0.1, 0.15) is 6.33 Å². The van der Waals surface area contributed by atoms with Gasteiger partial charge in [-0.25, -0.2) is 19.9 Å². The Kier molecular flexibility index (Phi) is 4.72. The number of thiazole rings is 1. The van der Waals surface area contributed by atoms with Gasteiger partial charge in [0.15, 0.2) is 10.3 Å². The van der Waals surface area contributed by atoms with Crippen molar-refractivity contribution in [2.75, 3.05) is 10.6 Å². The van der Waals surface area contributed by atoms with Crippen molar-refractivity contribution in [2.24, 2.45) is 0 Å². The van der Waals surface area contributed by atoms with E-state index < -0.39 is 4.92 Å². The number of nitrogens with one attached hydrogen (secondary N) is 2. The first-order valence-corrected chi connectivity index (χ1v) is 9.22. The summed E-state index contributed by atoms with van der Waals surface area (Å²) in [5.74, 6) is 0.0221. The second kappa shape index (κ2) is 7.33. The van der Waals surface area contributed by atoms with Crippen LogP contribution in [-0.4, -0.2) is 24.9 Å². The fraction of sp³-hybridized carbons (Fsp3) is 0.0588. The van der Waals surface area contributed by atoms with Crippen molar-refractivity contribution in [3.05, 3.63) is 63.7 Å². The predicted molar refractivity (Wildman–Crippen MR) is 109 cm³/mol. The number of halogens is 1. The van der Waals surface area contributed by atoms with E-state index in [1.54, 1.807) is 12.1 Å². The molecule has 9 nitrogen and oxygen atoms in total. The molecule has 1 aromatic carbocycles. The molecule has 0 saturated heterocycles. The molecule has 0 spiro atoms. The summed E-state index contributed by atoms with van der Waals surface area (Å²) in [5.41, 5.74) is 1.94. The number of anilines is 4. The van der Waals surface area contributed by atoms with Crippen molar-refractivity contribution >= 4 is 61.3 Å². The van der Waals surface area contributed by atoms with Gasteiger partial charge in [-0.05, 0) is 30.7 Å². The predicted octanol–water partition coefficient (Wildman–Crippen LogP) is 4.84. The molecule has 0 saturated carbocycles. The molecular weight excluding hydrogens is 402 g/mol. The van der Waals surface area contributed by atoms with E-state index in [4.69, 9.17) is 11.6 Å². The normalized spacial score (nSPS) is 10.8. The molecule has 0 aliphatic carbocycles. The minimum absolute atomic E-state index is 0.00492. The van der Waals surface area contributed by atoms with Gasteiger partial charge in [0.25, 0.3) is 0 Å². The van der Waals surface area contributed by atoms with Crippen molar-refractivity contribution in [3.8, 4) is 0 Å². The Hall–Kier alpha value is -3.37. The molecule has 2 N–H and O–H groups in total. The molecule has 11 heteroatoms. The number of aryl methyl sites for hydroxylation is 1. The lowest BCUT2D eigenvalue weighted by Gasteiger charge is -2.09. The number of hydrogen-bond donors (Lipinski definition) is 2. The average Bonchev–Trinajstić information content (AvgIpc) is 3.07. The van der Waals surface area contributed by atoms with Gasteiger partial charge in [0, 0.05) is 6.20 Å². The number of nitro groups is 1. The van der Waals surface area contributed by atoms with Gasteiger partial charge in [0.2, 0.25) is 11.6 Å². The van der Waals surface area contributed by atoms with Crippen molar-refractivity contribution in [1.29, 1.82) is 0 Å². The monoisotopic (exact) mass is 413 g/mol. The van der Waals surface area contributed by atoms with E-state index >= 15 is 0 Å². The van der Waals surface area contributed by atoms with Crippen molar-refractivity contribution < 1.29 is 4.92 Å². The third-order valence-electron chi connectivity index (χ3n) is 3.86. The number of nitrogens with zero attached hydrogens (tertiary/aromatic N) is 5. The van der Waals surface area contributed by atoms with Gasteiger partial charge >= 0.3 is 5.69 Å². The van der Waals surface area contributed by atoms with Gasteiger partial charge in [-0.3, -0.25) is 10.1 Å². The maximum absolute atomic E-state index is 11.7. The molecule has 4 rings (SSSR count). The summed E-state index contributed by atoms with van der Waals surface area (Å²) in [4.78, 5) is 27.6. The molecule has 0 aliphatic rings. The highest BCUT2D eigenvalue weighted by molar-refractivity contribution is 7.22. The summed E-state index contributed by atoms with van der Waals surface area (Å²) >= 11 is 7.41. The van der Waals surface area contributed by atoms with Crippen LogP contribution >= 0.6 is 22.9 Å². The van der Waals surface area contributed by atoms with Crippen LogP contribution < -0.4 is 10.6 Å². The largest absolute Gasteiger partial charge is 0.353 e. The maximum atomic E-state index is 11.7. The molecule has 28 heavy (non-hydrogen) atoms. The highest BCUT2D eigenvalue weighted by Crippen LogP contribution is 2.36. The van der Waals surface area contributed by atoms with Crippen LogP contribution in [0.15, 0.2) is 42.9 Å². The SMILES string of the molecule is Cc1cccc2sc(Nc3ncnc(Nc4cccnc4Cl)c3[N+](=O)[O-])nc12. The van der Waals surface area contributed by atoms with Crippen LogP contribution in [0.25, 0.3) is 10.2 Å². The molecule has 0 unspecified atom stereocenters. The number of hydrogen-bond acceptors (Lipinski definition) is 9. The molecule has 140 valence electrons. The molecule has 0 bridgehead atoms. The summed E-state index contributed by atoms with van der Waals surface area (Å²) in [7, 11) is 0. The first kappa shape index (κ1) is 18.0. The lowest BCUT2D eigenvalue weighted by Crippen LogP contribution is -2.05. The Morgan fingerprint density at radius 2 is 1.89 bits per heavy atom. The van der Waals surface area contributed by atoms with Crippen molar-refractivity contribution in [2.45, 2.75) is 6.92 Å². The third-order valence-corrected chi connectivity index (χ3v) is 5.10. The summed E-state index contributed by atoms with van der Waals surface area (Å²) in [6, 6.07) is 9.14. The van der Waals surface area contributed by atoms with E-state index in [9.17, 15) is 10.1 Å². The molecule has 4 aromatic rings. The quantitative estimate of drug-likeness (QED) is 0.271. The standard InChI is InChI=1S/C17H12ClN7O2S/c1-9-4-2-6-11-12(9)23-17(28-11)24-16-13(25(26)27)15(20-8-21-16)22-10-5-3-7-19-14(10)18/h2-8H,1H3,(H2,20,21,22,23,24). The van der Waals surface area contributed by atoms with Gasteiger partial charge in [0.05, 0.1) is 20.8 Å². The van der Waals surface area contributed by atoms with Crippen molar-refractivity contribution in [1.82, 2.24) is 19.9 Å². The Morgan fingerprint density at radius 1 is 1.11 bits per heavy atom. The van der Waals surface area contributed by atoms with E-state index in [1.807, 2.05) is 25.1 Å². The lowest BCUT2D eigenvalue weighted by molar-refractivity contribution is -0.383. The first-order valence-electron chi connectivity index (χ1n) is 8.03. The number of benzene rings is 1. The van der Waals surface area contributed by atoms with Crippen LogP contribution in [0.5, 0.6) is 0 Å². The van der Waals surface area contributed by atoms with Gasteiger partial charge in [-0.15, -0.1) is 0 Å².